The molecule has 1 aliphatic rings. The second-order valence-electron chi connectivity index (χ2n) is 6.48. The number of fused-ring (bicyclic) bond motifs is 2. The maximum absolute atomic E-state index is 12.4. The van der Waals surface area contributed by atoms with E-state index < -0.39 is 0 Å². The number of rotatable bonds is 5. The summed E-state index contributed by atoms with van der Waals surface area (Å²) in [6, 6.07) is 11.5. The third kappa shape index (κ3) is 3.51. The molecule has 1 amide bonds. The average Bonchev–Trinajstić information content (AvgIpc) is 3.22. The van der Waals surface area contributed by atoms with E-state index in [2.05, 4.69) is 10.4 Å². The molecule has 2 aromatic carbocycles. The zero-order chi connectivity index (χ0) is 18.8. The highest BCUT2D eigenvalue weighted by Gasteiger charge is 2.21. The third-order valence-electron chi connectivity index (χ3n) is 4.43. The molecule has 0 saturated heterocycles. The number of hydrogen-bond acceptors (Lipinski definition) is 4. The number of carbonyl (C=O) groups is 1. The monoisotopic (exact) mass is 363 g/mol. The second-order valence-corrected chi connectivity index (χ2v) is 6.48. The number of amides is 1. The van der Waals surface area contributed by atoms with Crippen LogP contribution in [0.15, 0.2) is 48.8 Å². The molecule has 0 radical (unpaired) electrons. The zero-order valence-electron chi connectivity index (χ0n) is 15.3. The Balaban J connectivity index is 1.55. The summed E-state index contributed by atoms with van der Waals surface area (Å²) in [7, 11) is 0. The summed E-state index contributed by atoms with van der Waals surface area (Å²) in [5, 5.41) is 0. The van der Waals surface area contributed by atoms with Crippen LogP contribution in [0.25, 0.3) is 17.1 Å². The van der Waals surface area contributed by atoms with Crippen molar-refractivity contribution in [2.75, 3.05) is 12.0 Å². The molecule has 138 valence electrons. The van der Waals surface area contributed by atoms with Crippen LogP contribution in [0.2, 0.25) is 0 Å². The van der Waals surface area contributed by atoms with E-state index in [0.29, 0.717) is 6.61 Å². The topological polar surface area (TPSA) is 65.4 Å². The Morgan fingerprint density at radius 1 is 1.41 bits per heavy atom. The van der Waals surface area contributed by atoms with E-state index >= 15 is 0 Å². The van der Waals surface area contributed by atoms with E-state index in [1.54, 1.807) is 17.1 Å². The van der Waals surface area contributed by atoms with Crippen molar-refractivity contribution in [2.45, 2.75) is 26.4 Å². The smallest absolute Gasteiger partial charge is 0.262 e. The van der Waals surface area contributed by atoms with Crippen LogP contribution in [0.5, 0.6) is 11.5 Å². The highest BCUT2D eigenvalue weighted by atomic mass is 16.5. The summed E-state index contributed by atoms with van der Waals surface area (Å²) in [4.78, 5) is 16.6. The molecule has 0 saturated carbocycles. The summed E-state index contributed by atoms with van der Waals surface area (Å²) >= 11 is 0. The molecule has 1 aromatic heterocycles. The molecule has 1 atom stereocenters. The van der Waals surface area contributed by atoms with Crippen molar-refractivity contribution in [3.63, 3.8) is 0 Å². The van der Waals surface area contributed by atoms with Gasteiger partial charge in [0.15, 0.2) is 0 Å². The van der Waals surface area contributed by atoms with Crippen LogP contribution in [-0.2, 0) is 11.2 Å². The van der Waals surface area contributed by atoms with Crippen molar-refractivity contribution in [1.29, 1.82) is 0 Å². The van der Waals surface area contributed by atoms with E-state index in [4.69, 9.17) is 9.47 Å². The summed E-state index contributed by atoms with van der Waals surface area (Å²) < 4.78 is 13.2. The first-order valence-electron chi connectivity index (χ1n) is 9.01. The lowest BCUT2D eigenvalue weighted by atomic mass is 10.1. The van der Waals surface area contributed by atoms with Gasteiger partial charge in [-0.2, -0.15) is 0 Å². The molecule has 4 rings (SSSR count). The number of para-hydroxylation sites is 2. The number of ether oxygens (including phenoxy) is 2. The van der Waals surface area contributed by atoms with Gasteiger partial charge in [-0.1, -0.05) is 12.1 Å². The van der Waals surface area contributed by atoms with E-state index in [1.807, 2.05) is 50.2 Å². The van der Waals surface area contributed by atoms with Crippen molar-refractivity contribution in [3.05, 3.63) is 59.9 Å². The van der Waals surface area contributed by atoms with Gasteiger partial charge in [0.25, 0.3) is 5.91 Å². The summed E-state index contributed by atoms with van der Waals surface area (Å²) in [6.07, 6.45) is 5.84. The van der Waals surface area contributed by atoms with Crippen LogP contribution in [0.3, 0.4) is 0 Å². The van der Waals surface area contributed by atoms with Crippen molar-refractivity contribution in [3.8, 4) is 11.5 Å². The Bertz CT molecular complexity index is 1020. The van der Waals surface area contributed by atoms with Gasteiger partial charge in [-0.05, 0) is 44.2 Å². The minimum Gasteiger partial charge on any atom is -0.493 e. The van der Waals surface area contributed by atoms with Gasteiger partial charge < -0.3 is 9.47 Å². The molecule has 3 aromatic rings. The van der Waals surface area contributed by atoms with Crippen LogP contribution in [0, 0.1) is 0 Å². The molecule has 0 bridgehead atoms. The van der Waals surface area contributed by atoms with Crippen LogP contribution >= 0.6 is 0 Å². The van der Waals surface area contributed by atoms with Gasteiger partial charge in [-0.15, -0.1) is 0 Å². The van der Waals surface area contributed by atoms with Crippen LogP contribution < -0.4 is 14.9 Å². The fraction of sp³-hybridized carbons (Fsp3) is 0.238. The largest absolute Gasteiger partial charge is 0.493 e. The number of nitrogens with zero attached hydrogens (tertiary/aromatic N) is 2. The van der Waals surface area contributed by atoms with Crippen molar-refractivity contribution in [2.24, 2.45) is 0 Å². The van der Waals surface area contributed by atoms with Gasteiger partial charge in [-0.25, -0.2) is 9.66 Å². The maximum Gasteiger partial charge on any atom is 0.262 e. The Kier molecular flexibility index (Phi) is 4.54. The predicted molar refractivity (Wildman–Crippen MR) is 105 cm³/mol. The molecule has 0 aliphatic carbocycles. The first kappa shape index (κ1) is 17.1. The number of carbonyl (C=O) groups excluding carboxylic acids is 1. The van der Waals surface area contributed by atoms with E-state index in [0.717, 1.165) is 40.1 Å². The quantitative estimate of drug-likeness (QED) is 0.704. The Morgan fingerprint density at radius 2 is 2.26 bits per heavy atom. The normalized spacial score (nSPS) is 15.7. The Morgan fingerprint density at radius 3 is 3.11 bits per heavy atom. The third-order valence-corrected chi connectivity index (χ3v) is 4.43. The zero-order valence-corrected chi connectivity index (χ0v) is 15.3. The highest BCUT2D eigenvalue weighted by molar-refractivity contribution is 5.98. The Hall–Kier alpha value is -3.28. The number of hydrogen-bond donors (Lipinski definition) is 1. The molecule has 2 heterocycles. The summed E-state index contributed by atoms with van der Waals surface area (Å²) in [6.45, 7) is 4.54. The molecule has 1 unspecified atom stereocenters. The molecule has 1 aliphatic heterocycles. The van der Waals surface area contributed by atoms with Gasteiger partial charge in [-0.3, -0.25) is 10.2 Å². The number of benzene rings is 2. The van der Waals surface area contributed by atoms with E-state index in [1.165, 1.54) is 6.08 Å². The van der Waals surface area contributed by atoms with Crippen LogP contribution in [0.4, 0.5) is 0 Å². The average molecular weight is 363 g/mol. The van der Waals surface area contributed by atoms with E-state index in [9.17, 15) is 4.79 Å². The number of aromatic nitrogens is 2. The van der Waals surface area contributed by atoms with Gasteiger partial charge in [0.1, 0.15) is 23.9 Å². The second kappa shape index (κ2) is 7.15. The van der Waals surface area contributed by atoms with Crippen LogP contribution in [-0.4, -0.2) is 28.3 Å². The fourth-order valence-electron chi connectivity index (χ4n) is 3.24. The summed E-state index contributed by atoms with van der Waals surface area (Å²) in [5.41, 5.74) is 6.42. The lowest BCUT2D eigenvalue weighted by Gasteiger charge is -2.10. The molecular formula is C21H21N3O3. The fourth-order valence-corrected chi connectivity index (χ4v) is 3.24. The standard InChI is InChI=1S/C21H21N3O3/c1-3-26-19-12-16-10-14(2)27-20(16)11-15(19)8-9-21(25)23-24-13-22-17-6-4-5-7-18(17)24/h4-9,11-14H,3,10H2,1-2H3,(H,23,25)/b9-8+. The Labute approximate surface area is 157 Å². The SMILES string of the molecule is CCOc1cc2c(cc1/C=C/C(=O)Nn1cnc3ccccc31)OC(C)C2. The molecule has 6 nitrogen and oxygen atoms in total. The van der Waals surface area contributed by atoms with Crippen molar-refractivity contribution < 1.29 is 14.3 Å². The molecule has 6 heteroatoms. The van der Waals surface area contributed by atoms with Crippen molar-refractivity contribution in [1.82, 2.24) is 9.66 Å². The first-order chi connectivity index (χ1) is 13.1. The molecule has 1 N–H and O–H groups in total. The maximum atomic E-state index is 12.4. The number of imidazole rings is 1. The minimum atomic E-state index is -0.254. The minimum absolute atomic E-state index is 0.159. The molecular weight excluding hydrogens is 342 g/mol. The lowest BCUT2D eigenvalue weighted by molar-refractivity contribution is -0.112. The highest BCUT2D eigenvalue weighted by Crippen LogP contribution is 2.35. The lowest BCUT2D eigenvalue weighted by Crippen LogP contribution is -2.19. The van der Waals surface area contributed by atoms with Gasteiger partial charge >= 0.3 is 0 Å². The summed E-state index contributed by atoms with van der Waals surface area (Å²) in [5.74, 6) is 1.35. The van der Waals surface area contributed by atoms with Crippen LogP contribution in [0.1, 0.15) is 25.0 Å². The molecule has 27 heavy (non-hydrogen) atoms. The van der Waals surface area contributed by atoms with Gasteiger partial charge in [0.05, 0.1) is 17.6 Å². The van der Waals surface area contributed by atoms with E-state index in [-0.39, 0.29) is 12.0 Å². The first-order valence-corrected chi connectivity index (χ1v) is 9.01. The van der Waals surface area contributed by atoms with Crippen molar-refractivity contribution >= 4 is 23.0 Å². The van der Waals surface area contributed by atoms with Gasteiger partial charge in [0, 0.05) is 23.6 Å². The molecule has 0 spiro atoms. The predicted octanol–water partition coefficient (Wildman–Crippen LogP) is 3.54. The van der Waals surface area contributed by atoms with Gasteiger partial charge in [0.2, 0.25) is 0 Å². The number of nitrogens with one attached hydrogen (secondary N) is 1. The molecule has 0 fully saturated rings.